The molecule has 0 amide bonds. The van der Waals surface area contributed by atoms with Gasteiger partial charge in [-0.05, 0) is 24.4 Å². The van der Waals surface area contributed by atoms with E-state index in [2.05, 4.69) is 5.43 Å². The summed E-state index contributed by atoms with van der Waals surface area (Å²) in [6.45, 7) is 0. The molecular formula is C11H8N2O3S. The highest BCUT2D eigenvalue weighted by Gasteiger charge is 1.98. The summed E-state index contributed by atoms with van der Waals surface area (Å²) in [4.78, 5) is 22.4. The lowest BCUT2D eigenvalue weighted by Gasteiger charge is -2.05. The summed E-state index contributed by atoms with van der Waals surface area (Å²) in [5, 5.41) is 0. The van der Waals surface area contributed by atoms with Gasteiger partial charge in [0.1, 0.15) is 0 Å². The van der Waals surface area contributed by atoms with Crippen LogP contribution < -0.4 is 16.6 Å². The Morgan fingerprint density at radius 3 is 2.47 bits per heavy atom. The van der Waals surface area contributed by atoms with Gasteiger partial charge in [0.05, 0.1) is 5.69 Å². The molecule has 2 aromatic rings. The molecule has 1 aromatic carbocycles. The highest BCUT2D eigenvalue weighted by molar-refractivity contribution is 7.71. The molecule has 0 spiro atoms. The van der Waals surface area contributed by atoms with Gasteiger partial charge >= 0.3 is 5.63 Å². The predicted octanol–water partition coefficient (Wildman–Crippen LogP) is 1.41. The van der Waals surface area contributed by atoms with Crippen LogP contribution in [-0.4, -0.2) is 4.68 Å². The van der Waals surface area contributed by atoms with E-state index in [1.54, 1.807) is 24.3 Å². The van der Waals surface area contributed by atoms with Crippen molar-refractivity contribution in [2.75, 3.05) is 5.43 Å². The fourth-order valence-corrected chi connectivity index (χ4v) is 1.43. The summed E-state index contributed by atoms with van der Waals surface area (Å²) < 4.78 is 5.71. The van der Waals surface area contributed by atoms with E-state index in [0.29, 0.717) is 5.69 Å². The van der Waals surface area contributed by atoms with Crippen molar-refractivity contribution in [3.8, 4) is 0 Å². The molecule has 0 unspecified atom stereocenters. The Hall–Kier alpha value is -2.21. The Labute approximate surface area is 101 Å². The number of aromatic nitrogens is 1. The Bertz CT molecular complexity index is 691. The number of para-hydroxylation sites is 1. The summed E-state index contributed by atoms with van der Waals surface area (Å²) in [5.41, 5.74) is 2.28. The van der Waals surface area contributed by atoms with E-state index >= 15 is 0 Å². The summed E-state index contributed by atoms with van der Waals surface area (Å²) in [6, 6.07) is 11.1. The number of hydrogen-bond acceptors (Lipinski definition) is 5. The Morgan fingerprint density at radius 1 is 1.06 bits per heavy atom. The molecule has 0 saturated carbocycles. The summed E-state index contributed by atoms with van der Waals surface area (Å²) in [7, 11) is 0. The van der Waals surface area contributed by atoms with Gasteiger partial charge in [0.25, 0.3) is 10.4 Å². The molecule has 5 nitrogen and oxygen atoms in total. The molecule has 86 valence electrons. The maximum atomic E-state index is 11.6. The zero-order valence-corrected chi connectivity index (χ0v) is 9.44. The van der Waals surface area contributed by atoms with Gasteiger partial charge in [0.2, 0.25) is 0 Å². The van der Waals surface area contributed by atoms with Gasteiger partial charge in [-0.1, -0.05) is 18.2 Å². The van der Waals surface area contributed by atoms with Crippen LogP contribution in [0.1, 0.15) is 0 Å². The molecule has 1 aromatic heterocycles. The van der Waals surface area contributed by atoms with Crippen molar-refractivity contribution in [2.45, 2.75) is 0 Å². The van der Waals surface area contributed by atoms with Gasteiger partial charge in [-0.15, -0.1) is 0 Å². The zero-order chi connectivity index (χ0) is 12.3. The molecule has 0 aliphatic rings. The normalized spacial score (nSPS) is 9.88. The largest absolute Gasteiger partial charge is 0.394 e. The molecule has 0 saturated heterocycles. The SMILES string of the molecule is O=c1ccc(=O)n(Nc2ccccc2)c(=S)o1. The lowest BCUT2D eigenvalue weighted by molar-refractivity contribution is 0.462. The molecule has 17 heavy (non-hydrogen) atoms. The Kier molecular flexibility index (Phi) is 3.15. The van der Waals surface area contributed by atoms with Gasteiger partial charge < -0.3 is 4.42 Å². The van der Waals surface area contributed by atoms with E-state index in [-0.39, 0.29) is 4.84 Å². The molecule has 0 atom stereocenters. The molecular weight excluding hydrogens is 240 g/mol. The number of anilines is 1. The van der Waals surface area contributed by atoms with Crippen molar-refractivity contribution in [2.24, 2.45) is 0 Å². The molecule has 0 radical (unpaired) electrons. The minimum Gasteiger partial charge on any atom is -0.394 e. The maximum Gasteiger partial charge on any atom is 0.338 e. The van der Waals surface area contributed by atoms with Crippen LogP contribution >= 0.6 is 12.2 Å². The third-order valence-corrected chi connectivity index (χ3v) is 2.23. The second-order valence-corrected chi connectivity index (χ2v) is 3.52. The Balaban J connectivity index is 2.55. The number of nitrogens with one attached hydrogen (secondary N) is 1. The molecule has 0 aliphatic carbocycles. The standard InChI is InChI=1S/C11H8N2O3S/c14-9-6-7-10(15)16-11(17)13(9)12-8-4-2-1-3-5-8/h1-7,12H. The van der Waals surface area contributed by atoms with Crippen LogP contribution in [0.5, 0.6) is 0 Å². The average Bonchev–Trinajstić information content (AvgIpc) is 2.44. The number of benzene rings is 1. The van der Waals surface area contributed by atoms with Crippen LogP contribution in [0.3, 0.4) is 0 Å². The molecule has 0 fully saturated rings. The van der Waals surface area contributed by atoms with Crippen molar-refractivity contribution in [3.63, 3.8) is 0 Å². The van der Waals surface area contributed by atoms with Crippen molar-refractivity contribution in [3.05, 3.63) is 68.1 Å². The molecule has 1 heterocycles. The lowest BCUT2D eigenvalue weighted by atomic mass is 10.3. The van der Waals surface area contributed by atoms with E-state index < -0.39 is 11.2 Å². The number of nitrogens with zero attached hydrogens (tertiary/aromatic N) is 1. The number of rotatable bonds is 2. The number of hydrogen-bond donors (Lipinski definition) is 1. The fourth-order valence-electron chi connectivity index (χ4n) is 1.21. The van der Waals surface area contributed by atoms with Crippen LogP contribution in [0.25, 0.3) is 0 Å². The van der Waals surface area contributed by atoms with Crippen LogP contribution in [0.4, 0.5) is 5.69 Å². The molecule has 2 rings (SSSR count). The highest BCUT2D eigenvalue weighted by atomic mass is 32.1. The van der Waals surface area contributed by atoms with Crippen molar-refractivity contribution < 1.29 is 4.42 Å². The van der Waals surface area contributed by atoms with Crippen LogP contribution in [0.2, 0.25) is 0 Å². The second kappa shape index (κ2) is 4.75. The van der Waals surface area contributed by atoms with E-state index in [0.717, 1.165) is 16.8 Å². The topological polar surface area (TPSA) is 64.2 Å². The van der Waals surface area contributed by atoms with Crippen LogP contribution in [0, 0.1) is 4.84 Å². The first-order valence-corrected chi connectivity index (χ1v) is 5.17. The second-order valence-electron chi connectivity index (χ2n) is 3.17. The minimum absolute atomic E-state index is 0.228. The van der Waals surface area contributed by atoms with Crippen LogP contribution in [0.15, 0.2) is 56.5 Å². The minimum atomic E-state index is -0.666. The maximum absolute atomic E-state index is 11.6. The first-order valence-electron chi connectivity index (χ1n) is 4.76. The van der Waals surface area contributed by atoms with Gasteiger partial charge in [-0.3, -0.25) is 10.2 Å². The first-order chi connectivity index (χ1) is 8.16. The third kappa shape index (κ3) is 2.67. The molecule has 6 heteroatoms. The van der Waals surface area contributed by atoms with E-state index in [9.17, 15) is 9.59 Å². The van der Waals surface area contributed by atoms with Gasteiger partial charge in [-0.25, -0.2) is 4.79 Å². The smallest absolute Gasteiger partial charge is 0.338 e. The lowest BCUT2D eigenvalue weighted by Crippen LogP contribution is -2.24. The summed E-state index contributed by atoms with van der Waals surface area (Å²) in [5.74, 6) is 0. The summed E-state index contributed by atoms with van der Waals surface area (Å²) in [6.07, 6.45) is 0. The van der Waals surface area contributed by atoms with Crippen molar-refractivity contribution >= 4 is 17.9 Å². The third-order valence-electron chi connectivity index (χ3n) is 1.97. The Morgan fingerprint density at radius 2 is 1.76 bits per heavy atom. The zero-order valence-electron chi connectivity index (χ0n) is 8.62. The van der Waals surface area contributed by atoms with Crippen molar-refractivity contribution in [1.82, 2.24) is 4.68 Å². The molecule has 0 bridgehead atoms. The van der Waals surface area contributed by atoms with Gasteiger partial charge in [0, 0.05) is 12.1 Å². The van der Waals surface area contributed by atoms with E-state index in [4.69, 9.17) is 16.6 Å². The van der Waals surface area contributed by atoms with E-state index in [1.807, 2.05) is 6.07 Å². The fraction of sp³-hybridized carbons (Fsp3) is 0. The average molecular weight is 248 g/mol. The predicted molar refractivity (Wildman–Crippen MR) is 65.5 cm³/mol. The van der Waals surface area contributed by atoms with Gasteiger partial charge in [-0.2, -0.15) is 4.68 Å². The monoisotopic (exact) mass is 248 g/mol. The highest BCUT2D eigenvalue weighted by Crippen LogP contribution is 2.04. The molecule has 1 N–H and O–H groups in total. The van der Waals surface area contributed by atoms with Gasteiger partial charge in [0.15, 0.2) is 0 Å². The van der Waals surface area contributed by atoms with Crippen LogP contribution in [-0.2, 0) is 0 Å². The van der Waals surface area contributed by atoms with Crippen molar-refractivity contribution in [1.29, 1.82) is 0 Å². The quantitative estimate of drug-likeness (QED) is 0.814. The first kappa shape index (κ1) is 11.3. The van der Waals surface area contributed by atoms with E-state index in [1.165, 1.54) is 0 Å². The summed E-state index contributed by atoms with van der Waals surface area (Å²) >= 11 is 4.83. The molecule has 0 aliphatic heterocycles.